The van der Waals surface area contributed by atoms with Crippen molar-refractivity contribution in [2.75, 3.05) is 6.54 Å². The highest BCUT2D eigenvalue weighted by Gasteiger charge is 2.39. The molecule has 2 aliphatic rings. The number of ketones is 1. The van der Waals surface area contributed by atoms with E-state index in [9.17, 15) is 14.4 Å². The summed E-state index contributed by atoms with van der Waals surface area (Å²) in [6.07, 6.45) is 3.01. The molecule has 22 heavy (non-hydrogen) atoms. The molecule has 1 N–H and O–H groups in total. The Morgan fingerprint density at radius 1 is 1.14 bits per heavy atom. The van der Waals surface area contributed by atoms with Crippen molar-refractivity contribution >= 4 is 17.6 Å². The molecule has 0 radical (unpaired) electrons. The van der Waals surface area contributed by atoms with Gasteiger partial charge >= 0.3 is 0 Å². The fourth-order valence-corrected chi connectivity index (χ4v) is 2.78. The average Bonchev–Trinajstić information content (AvgIpc) is 3.30. The van der Waals surface area contributed by atoms with Crippen LogP contribution >= 0.6 is 0 Å². The van der Waals surface area contributed by atoms with Crippen LogP contribution in [0.25, 0.3) is 0 Å². The molecule has 1 saturated heterocycles. The Kier molecular flexibility index (Phi) is 4.22. The number of hydrogen-bond donors (Lipinski definition) is 1. The van der Waals surface area contributed by atoms with Gasteiger partial charge in [-0.2, -0.15) is 0 Å². The first-order chi connectivity index (χ1) is 10.6. The Labute approximate surface area is 129 Å². The minimum atomic E-state index is -0.619. The molecular formula is C17H20N2O3. The van der Waals surface area contributed by atoms with Crippen molar-refractivity contribution in [1.29, 1.82) is 0 Å². The SMILES string of the molecule is O=C(NCC1CC1)C(=O)C1CCC(=O)N1Cc1ccccc1. The molecule has 1 aliphatic carbocycles. The van der Waals surface area contributed by atoms with Crippen molar-refractivity contribution in [3.8, 4) is 0 Å². The highest BCUT2D eigenvalue weighted by molar-refractivity contribution is 6.38. The van der Waals surface area contributed by atoms with Gasteiger partial charge in [-0.1, -0.05) is 30.3 Å². The summed E-state index contributed by atoms with van der Waals surface area (Å²) in [7, 11) is 0. The summed E-state index contributed by atoms with van der Waals surface area (Å²) in [4.78, 5) is 37.9. The molecule has 1 heterocycles. The second-order valence-corrected chi connectivity index (χ2v) is 6.08. The second-order valence-electron chi connectivity index (χ2n) is 6.08. The fourth-order valence-electron chi connectivity index (χ4n) is 2.78. The highest BCUT2D eigenvalue weighted by atomic mass is 16.2. The van der Waals surface area contributed by atoms with Crippen LogP contribution in [0, 0.1) is 5.92 Å². The third-order valence-corrected chi connectivity index (χ3v) is 4.30. The first-order valence-electron chi connectivity index (χ1n) is 7.80. The van der Waals surface area contributed by atoms with Crippen LogP contribution in [-0.4, -0.2) is 35.1 Å². The first-order valence-corrected chi connectivity index (χ1v) is 7.80. The number of hydrogen-bond acceptors (Lipinski definition) is 3. The van der Waals surface area contributed by atoms with Crippen molar-refractivity contribution < 1.29 is 14.4 Å². The third kappa shape index (κ3) is 3.35. The zero-order valence-electron chi connectivity index (χ0n) is 12.5. The highest BCUT2D eigenvalue weighted by Crippen LogP contribution is 2.27. The van der Waals surface area contributed by atoms with Crippen LogP contribution in [-0.2, 0) is 20.9 Å². The van der Waals surface area contributed by atoms with Crippen LogP contribution in [0.4, 0.5) is 0 Å². The van der Waals surface area contributed by atoms with Gasteiger partial charge in [0.25, 0.3) is 5.91 Å². The lowest BCUT2D eigenvalue weighted by Crippen LogP contribution is -2.45. The summed E-state index contributed by atoms with van der Waals surface area (Å²) in [6, 6.07) is 8.92. The van der Waals surface area contributed by atoms with Crippen LogP contribution in [0.15, 0.2) is 30.3 Å². The average molecular weight is 300 g/mol. The monoisotopic (exact) mass is 300 g/mol. The van der Waals surface area contributed by atoms with Gasteiger partial charge in [0.15, 0.2) is 0 Å². The number of carbonyl (C=O) groups is 3. The standard InChI is InChI=1S/C17H20N2O3/c20-15-9-8-14(16(21)17(22)18-10-12-6-7-12)19(15)11-13-4-2-1-3-5-13/h1-5,12,14H,6-11H2,(H,18,22). The second kappa shape index (κ2) is 6.30. The van der Waals surface area contributed by atoms with E-state index in [1.807, 2.05) is 30.3 Å². The maximum atomic E-state index is 12.3. The number of rotatable bonds is 6. The van der Waals surface area contributed by atoms with Crippen molar-refractivity contribution in [1.82, 2.24) is 10.2 Å². The minimum Gasteiger partial charge on any atom is -0.349 e. The Morgan fingerprint density at radius 3 is 2.55 bits per heavy atom. The largest absolute Gasteiger partial charge is 0.349 e. The molecule has 1 saturated carbocycles. The summed E-state index contributed by atoms with van der Waals surface area (Å²) in [5.74, 6) is -0.563. The van der Waals surface area contributed by atoms with Gasteiger partial charge in [-0.15, -0.1) is 0 Å². The van der Waals surface area contributed by atoms with Gasteiger partial charge in [-0.05, 0) is 30.7 Å². The normalized spacial score (nSPS) is 21.0. The van der Waals surface area contributed by atoms with E-state index in [4.69, 9.17) is 0 Å². The van der Waals surface area contributed by atoms with Crippen LogP contribution in [0.5, 0.6) is 0 Å². The molecule has 5 heteroatoms. The minimum absolute atomic E-state index is 0.0582. The van der Waals surface area contributed by atoms with Crippen LogP contribution in [0.3, 0.4) is 0 Å². The molecule has 1 unspecified atom stereocenters. The maximum absolute atomic E-state index is 12.3. The van der Waals surface area contributed by atoms with Crippen molar-refractivity contribution in [2.24, 2.45) is 5.92 Å². The molecule has 1 atom stereocenters. The number of Topliss-reactive ketones (excluding diaryl/α,β-unsaturated/α-hetero) is 1. The zero-order valence-corrected chi connectivity index (χ0v) is 12.5. The van der Waals surface area contributed by atoms with Crippen molar-refractivity contribution in [3.05, 3.63) is 35.9 Å². The quantitative estimate of drug-likeness (QED) is 0.805. The molecule has 2 fully saturated rings. The van der Waals surface area contributed by atoms with Gasteiger partial charge < -0.3 is 10.2 Å². The van der Waals surface area contributed by atoms with Crippen LogP contribution in [0.1, 0.15) is 31.2 Å². The van der Waals surface area contributed by atoms with Gasteiger partial charge in [-0.3, -0.25) is 14.4 Å². The van der Waals surface area contributed by atoms with E-state index < -0.39 is 17.7 Å². The van der Waals surface area contributed by atoms with Gasteiger partial charge in [0.2, 0.25) is 11.7 Å². The molecule has 0 spiro atoms. The van der Waals surface area contributed by atoms with E-state index in [2.05, 4.69) is 5.32 Å². The zero-order chi connectivity index (χ0) is 15.5. The number of benzene rings is 1. The van der Waals surface area contributed by atoms with Gasteiger partial charge in [0.1, 0.15) is 6.04 Å². The Morgan fingerprint density at radius 2 is 1.86 bits per heavy atom. The summed E-state index contributed by atoms with van der Waals surface area (Å²) < 4.78 is 0. The third-order valence-electron chi connectivity index (χ3n) is 4.30. The van der Waals surface area contributed by atoms with Gasteiger partial charge in [-0.25, -0.2) is 0 Å². The van der Waals surface area contributed by atoms with Gasteiger partial charge in [0, 0.05) is 19.5 Å². The topological polar surface area (TPSA) is 66.5 Å². The first kappa shape index (κ1) is 14.8. The molecular weight excluding hydrogens is 280 g/mol. The molecule has 1 aromatic rings. The predicted octanol–water partition coefficient (Wildman–Crippen LogP) is 1.27. The van der Waals surface area contributed by atoms with E-state index in [0.717, 1.165) is 18.4 Å². The van der Waals surface area contributed by atoms with E-state index in [0.29, 0.717) is 31.8 Å². The number of nitrogens with one attached hydrogen (secondary N) is 1. The lowest BCUT2D eigenvalue weighted by atomic mass is 10.1. The Bertz CT molecular complexity index is 581. The van der Waals surface area contributed by atoms with E-state index in [1.165, 1.54) is 4.90 Å². The molecule has 5 nitrogen and oxygen atoms in total. The molecule has 0 aromatic heterocycles. The van der Waals surface area contributed by atoms with Crippen LogP contribution < -0.4 is 5.32 Å². The Hall–Kier alpha value is -2.17. The van der Waals surface area contributed by atoms with E-state index in [-0.39, 0.29) is 5.91 Å². The molecule has 3 rings (SSSR count). The maximum Gasteiger partial charge on any atom is 0.289 e. The Balaban J connectivity index is 1.64. The molecule has 2 amide bonds. The molecule has 1 aromatic carbocycles. The van der Waals surface area contributed by atoms with Crippen LogP contribution in [0.2, 0.25) is 0 Å². The van der Waals surface area contributed by atoms with Crippen molar-refractivity contribution in [3.63, 3.8) is 0 Å². The fraction of sp³-hybridized carbons (Fsp3) is 0.471. The summed E-state index contributed by atoms with van der Waals surface area (Å²) in [6.45, 7) is 0.954. The number of likely N-dealkylation sites (tertiary alicyclic amines) is 1. The van der Waals surface area contributed by atoms with Gasteiger partial charge in [0.05, 0.1) is 0 Å². The summed E-state index contributed by atoms with van der Waals surface area (Å²) in [5.41, 5.74) is 0.967. The number of amides is 2. The smallest absolute Gasteiger partial charge is 0.289 e. The van der Waals surface area contributed by atoms with E-state index >= 15 is 0 Å². The lowest BCUT2D eigenvalue weighted by Gasteiger charge is -2.23. The number of carbonyl (C=O) groups excluding carboxylic acids is 3. The summed E-state index contributed by atoms with van der Waals surface area (Å²) >= 11 is 0. The number of nitrogens with zero attached hydrogens (tertiary/aromatic N) is 1. The summed E-state index contributed by atoms with van der Waals surface area (Å²) in [5, 5.41) is 2.69. The van der Waals surface area contributed by atoms with E-state index in [1.54, 1.807) is 0 Å². The molecule has 116 valence electrons. The molecule has 1 aliphatic heterocycles. The predicted molar refractivity (Wildman–Crippen MR) is 80.8 cm³/mol. The lowest BCUT2D eigenvalue weighted by molar-refractivity contribution is -0.143. The van der Waals surface area contributed by atoms with Crippen molar-refractivity contribution in [2.45, 2.75) is 38.3 Å². The molecule has 0 bridgehead atoms.